The van der Waals surface area contributed by atoms with Crippen molar-refractivity contribution in [1.82, 2.24) is 0 Å². The second-order valence-corrected chi connectivity index (χ2v) is 6.06. The molecule has 0 amide bonds. The summed E-state index contributed by atoms with van der Waals surface area (Å²) in [5.41, 5.74) is 3.04. The van der Waals surface area contributed by atoms with Crippen molar-refractivity contribution >= 4 is 11.4 Å². The van der Waals surface area contributed by atoms with Gasteiger partial charge in [-0.15, -0.1) is 0 Å². The lowest BCUT2D eigenvalue weighted by molar-refractivity contribution is -0.384. The van der Waals surface area contributed by atoms with E-state index >= 15 is 0 Å². The van der Waals surface area contributed by atoms with Crippen LogP contribution in [0.4, 0.5) is 15.8 Å². The Morgan fingerprint density at radius 1 is 1.17 bits per heavy atom. The molecule has 23 heavy (non-hydrogen) atoms. The Kier molecular flexibility index (Phi) is 3.15. The molecule has 0 bridgehead atoms. The summed E-state index contributed by atoms with van der Waals surface area (Å²) in [4.78, 5) is 10.7. The number of non-ortho nitro benzene ring substituents is 1. The van der Waals surface area contributed by atoms with E-state index in [1.807, 2.05) is 0 Å². The predicted molar refractivity (Wildman–Crippen MR) is 85.8 cm³/mol. The molecule has 1 heterocycles. The van der Waals surface area contributed by atoms with Gasteiger partial charge in [0.15, 0.2) is 0 Å². The summed E-state index contributed by atoms with van der Waals surface area (Å²) in [5.74, 6) is 0.192. The third kappa shape index (κ3) is 2.29. The van der Waals surface area contributed by atoms with Crippen molar-refractivity contribution in [3.63, 3.8) is 0 Å². The number of nitrogens with one attached hydrogen (secondary N) is 1. The van der Waals surface area contributed by atoms with Gasteiger partial charge in [0.05, 0.1) is 11.0 Å². The van der Waals surface area contributed by atoms with E-state index in [4.69, 9.17) is 0 Å². The van der Waals surface area contributed by atoms with Crippen LogP contribution in [0.2, 0.25) is 0 Å². The quantitative estimate of drug-likeness (QED) is 0.502. The van der Waals surface area contributed by atoms with E-state index in [0.29, 0.717) is 0 Å². The molecule has 0 fully saturated rings. The van der Waals surface area contributed by atoms with Gasteiger partial charge in [-0.3, -0.25) is 10.1 Å². The number of fused-ring (bicyclic) bond motifs is 3. The van der Waals surface area contributed by atoms with E-state index in [2.05, 4.69) is 17.5 Å². The maximum atomic E-state index is 13.2. The first-order valence-electron chi connectivity index (χ1n) is 7.60. The van der Waals surface area contributed by atoms with Crippen molar-refractivity contribution in [1.29, 1.82) is 0 Å². The Morgan fingerprint density at radius 3 is 2.70 bits per heavy atom. The molecule has 2 aromatic carbocycles. The van der Waals surface area contributed by atoms with Crippen LogP contribution in [-0.2, 0) is 0 Å². The number of nitro benzene ring substituents is 1. The largest absolute Gasteiger partial charge is 0.378 e. The van der Waals surface area contributed by atoms with E-state index in [9.17, 15) is 14.5 Å². The van der Waals surface area contributed by atoms with Crippen LogP contribution in [0.3, 0.4) is 0 Å². The first-order valence-corrected chi connectivity index (χ1v) is 7.60. The van der Waals surface area contributed by atoms with Crippen LogP contribution < -0.4 is 5.32 Å². The third-order valence-corrected chi connectivity index (χ3v) is 4.79. The molecule has 2 aliphatic rings. The SMILES string of the molecule is O=[N+]([O-])c1ccc2c(c1)[C@H]1C=CC[C@H]1[C@@H](c1ccc(F)cc1)N2. The lowest BCUT2D eigenvalue weighted by Gasteiger charge is -2.37. The second-order valence-electron chi connectivity index (χ2n) is 6.06. The second kappa shape index (κ2) is 5.19. The van der Waals surface area contributed by atoms with Gasteiger partial charge in [-0.25, -0.2) is 4.39 Å². The summed E-state index contributed by atoms with van der Waals surface area (Å²) < 4.78 is 13.2. The normalized spacial score (nSPS) is 24.7. The minimum atomic E-state index is -0.361. The molecule has 5 heteroatoms. The summed E-state index contributed by atoms with van der Waals surface area (Å²) in [5, 5.41) is 14.5. The van der Waals surface area contributed by atoms with E-state index < -0.39 is 0 Å². The highest BCUT2D eigenvalue weighted by atomic mass is 19.1. The Hall–Kier alpha value is -2.69. The third-order valence-electron chi connectivity index (χ3n) is 4.79. The number of hydrogen-bond donors (Lipinski definition) is 1. The van der Waals surface area contributed by atoms with Gasteiger partial charge < -0.3 is 5.32 Å². The van der Waals surface area contributed by atoms with Gasteiger partial charge >= 0.3 is 0 Å². The van der Waals surface area contributed by atoms with Gasteiger partial charge in [-0.1, -0.05) is 24.3 Å². The number of anilines is 1. The minimum absolute atomic E-state index is 0.0737. The summed E-state index contributed by atoms with van der Waals surface area (Å²) in [7, 11) is 0. The summed E-state index contributed by atoms with van der Waals surface area (Å²) in [6.07, 6.45) is 5.16. The summed E-state index contributed by atoms with van der Waals surface area (Å²) in [6.45, 7) is 0. The summed E-state index contributed by atoms with van der Waals surface area (Å²) in [6, 6.07) is 11.6. The molecule has 3 atom stereocenters. The first kappa shape index (κ1) is 13.9. The molecule has 1 N–H and O–H groups in total. The Bertz CT molecular complexity index is 801. The van der Waals surface area contributed by atoms with Crippen molar-refractivity contribution in [2.75, 3.05) is 5.32 Å². The molecule has 116 valence electrons. The molecule has 0 unspecified atom stereocenters. The number of hydrogen-bond acceptors (Lipinski definition) is 3. The van der Waals surface area contributed by atoms with Crippen LogP contribution in [0.1, 0.15) is 29.5 Å². The highest BCUT2D eigenvalue weighted by Crippen LogP contribution is 2.50. The molecule has 0 saturated heterocycles. The van der Waals surface area contributed by atoms with Crippen LogP contribution in [0.5, 0.6) is 0 Å². The van der Waals surface area contributed by atoms with Gasteiger partial charge in [0.2, 0.25) is 0 Å². The fourth-order valence-corrected chi connectivity index (χ4v) is 3.70. The maximum Gasteiger partial charge on any atom is 0.269 e. The average molecular weight is 310 g/mol. The number of halogens is 1. The smallest absolute Gasteiger partial charge is 0.269 e. The van der Waals surface area contributed by atoms with Crippen LogP contribution in [0.15, 0.2) is 54.6 Å². The van der Waals surface area contributed by atoms with E-state index in [-0.39, 0.29) is 34.3 Å². The lowest BCUT2D eigenvalue weighted by atomic mass is 9.77. The monoisotopic (exact) mass is 310 g/mol. The van der Waals surface area contributed by atoms with Crippen LogP contribution in [-0.4, -0.2) is 4.92 Å². The van der Waals surface area contributed by atoms with E-state index in [0.717, 1.165) is 23.2 Å². The lowest BCUT2D eigenvalue weighted by Crippen LogP contribution is -2.29. The van der Waals surface area contributed by atoms with Crippen LogP contribution >= 0.6 is 0 Å². The van der Waals surface area contributed by atoms with Gasteiger partial charge in [-0.2, -0.15) is 0 Å². The van der Waals surface area contributed by atoms with Gasteiger partial charge in [0.1, 0.15) is 5.82 Å². The molecule has 2 aromatic rings. The maximum absolute atomic E-state index is 13.2. The molecular formula is C18H15FN2O2. The van der Waals surface area contributed by atoms with Crippen molar-refractivity contribution in [3.8, 4) is 0 Å². The molecule has 0 aromatic heterocycles. The van der Waals surface area contributed by atoms with Gasteiger partial charge in [0, 0.05) is 23.7 Å². The molecular weight excluding hydrogens is 295 g/mol. The molecule has 0 radical (unpaired) electrons. The number of nitro groups is 1. The van der Waals surface area contributed by atoms with E-state index in [1.165, 1.54) is 18.2 Å². The Balaban J connectivity index is 1.77. The highest BCUT2D eigenvalue weighted by Gasteiger charge is 2.38. The highest BCUT2D eigenvalue weighted by molar-refractivity contribution is 5.62. The topological polar surface area (TPSA) is 55.2 Å². The first-order chi connectivity index (χ1) is 11.1. The zero-order valence-corrected chi connectivity index (χ0v) is 12.3. The molecule has 1 aliphatic heterocycles. The summed E-state index contributed by atoms with van der Waals surface area (Å²) >= 11 is 0. The molecule has 0 saturated carbocycles. The number of benzene rings is 2. The molecule has 4 rings (SSSR count). The fraction of sp³-hybridized carbons (Fsp3) is 0.222. The zero-order chi connectivity index (χ0) is 16.0. The standard InChI is InChI=1S/C18H15FN2O2/c19-12-6-4-11(5-7-12)18-15-3-1-2-14(15)16-10-13(21(22)23)8-9-17(16)20-18/h1-2,4-10,14-15,18,20H,3H2/t14-,15+,18+/m0/s1. The minimum Gasteiger partial charge on any atom is -0.378 e. The molecule has 4 nitrogen and oxygen atoms in total. The van der Waals surface area contributed by atoms with Crippen molar-refractivity contribution < 1.29 is 9.31 Å². The number of allylic oxidation sites excluding steroid dienone is 2. The number of rotatable bonds is 2. The van der Waals surface area contributed by atoms with Crippen molar-refractivity contribution in [2.45, 2.75) is 18.4 Å². The Morgan fingerprint density at radius 2 is 1.96 bits per heavy atom. The van der Waals surface area contributed by atoms with Crippen LogP contribution in [0, 0.1) is 21.8 Å². The van der Waals surface area contributed by atoms with E-state index in [1.54, 1.807) is 24.3 Å². The molecule has 0 spiro atoms. The Labute approximate surface area is 132 Å². The zero-order valence-electron chi connectivity index (χ0n) is 12.3. The average Bonchev–Trinajstić information content (AvgIpc) is 3.04. The van der Waals surface area contributed by atoms with Crippen molar-refractivity contribution in [3.05, 3.63) is 81.7 Å². The van der Waals surface area contributed by atoms with Crippen molar-refractivity contribution in [2.24, 2.45) is 5.92 Å². The molecule has 1 aliphatic carbocycles. The van der Waals surface area contributed by atoms with Gasteiger partial charge in [0.25, 0.3) is 5.69 Å². The number of nitrogens with zero attached hydrogens (tertiary/aromatic N) is 1. The fourth-order valence-electron chi connectivity index (χ4n) is 3.70. The van der Waals surface area contributed by atoms with Crippen LogP contribution in [0.25, 0.3) is 0 Å². The predicted octanol–water partition coefficient (Wildman–Crippen LogP) is 4.56. The van der Waals surface area contributed by atoms with Gasteiger partial charge in [-0.05, 0) is 41.7 Å².